The minimum Gasteiger partial charge on any atom is -0.484 e. The van der Waals surface area contributed by atoms with Gasteiger partial charge >= 0.3 is 0 Å². The molecule has 0 saturated carbocycles. The number of benzene rings is 1. The molecule has 1 aromatic carbocycles. The van der Waals surface area contributed by atoms with Gasteiger partial charge in [-0.2, -0.15) is 5.10 Å². The van der Waals surface area contributed by atoms with E-state index in [2.05, 4.69) is 10.4 Å². The minimum atomic E-state index is -0.572. The molecule has 7 nitrogen and oxygen atoms in total. The van der Waals surface area contributed by atoms with Crippen LogP contribution in [0.3, 0.4) is 0 Å². The van der Waals surface area contributed by atoms with Crippen molar-refractivity contribution in [2.45, 2.75) is 20.4 Å². The molecular formula is C15H18N4O3. The first-order valence-corrected chi connectivity index (χ1v) is 6.86. The molecule has 7 heteroatoms. The highest BCUT2D eigenvalue weighted by Crippen LogP contribution is 2.17. The Bertz CT molecular complexity index is 694. The lowest BCUT2D eigenvalue weighted by Gasteiger charge is -2.08. The van der Waals surface area contributed by atoms with Crippen molar-refractivity contribution in [2.24, 2.45) is 5.73 Å². The van der Waals surface area contributed by atoms with Gasteiger partial charge in [0, 0.05) is 12.1 Å². The predicted molar refractivity (Wildman–Crippen MR) is 81.7 cm³/mol. The first-order valence-electron chi connectivity index (χ1n) is 6.86. The molecule has 22 heavy (non-hydrogen) atoms. The Morgan fingerprint density at radius 1 is 1.41 bits per heavy atom. The number of amides is 2. The molecule has 0 radical (unpaired) electrons. The van der Waals surface area contributed by atoms with Crippen LogP contribution >= 0.6 is 0 Å². The lowest BCUT2D eigenvalue weighted by molar-refractivity contribution is -0.119. The zero-order valence-electron chi connectivity index (χ0n) is 12.5. The standard InChI is InChI=1S/C15H18N4O3/c1-3-19-10(2)13(8-17-19)18-15(21)11-5-4-6-12(7-11)22-9-14(16)20/h4-8H,3,9H2,1-2H3,(H2,16,20)(H,18,21). The van der Waals surface area contributed by atoms with Gasteiger partial charge in [0.15, 0.2) is 6.61 Å². The van der Waals surface area contributed by atoms with E-state index in [0.717, 1.165) is 12.2 Å². The number of ether oxygens (including phenoxy) is 1. The van der Waals surface area contributed by atoms with Crippen LogP contribution in [0.5, 0.6) is 5.75 Å². The number of anilines is 1. The average Bonchev–Trinajstić information content (AvgIpc) is 2.86. The normalized spacial score (nSPS) is 10.3. The van der Waals surface area contributed by atoms with Crippen molar-refractivity contribution >= 4 is 17.5 Å². The van der Waals surface area contributed by atoms with Gasteiger partial charge in [0.1, 0.15) is 5.75 Å². The number of primary amides is 1. The van der Waals surface area contributed by atoms with Gasteiger partial charge in [-0.15, -0.1) is 0 Å². The van der Waals surface area contributed by atoms with Crippen molar-refractivity contribution in [3.63, 3.8) is 0 Å². The Balaban J connectivity index is 2.10. The van der Waals surface area contributed by atoms with Crippen LogP contribution in [0.1, 0.15) is 23.0 Å². The van der Waals surface area contributed by atoms with Gasteiger partial charge in [-0.3, -0.25) is 14.3 Å². The maximum Gasteiger partial charge on any atom is 0.255 e. The molecule has 1 heterocycles. The third-order valence-corrected chi connectivity index (χ3v) is 3.13. The second kappa shape index (κ2) is 6.75. The lowest BCUT2D eigenvalue weighted by Crippen LogP contribution is -2.20. The van der Waals surface area contributed by atoms with E-state index >= 15 is 0 Å². The Hall–Kier alpha value is -2.83. The molecule has 2 rings (SSSR count). The van der Waals surface area contributed by atoms with E-state index in [-0.39, 0.29) is 12.5 Å². The van der Waals surface area contributed by atoms with Gasteiger partial charge < -0.3 is 15.8 Å². The maximum absolute atomic E-state index is 12.3. The predicted octanol–water partition coefficient (Wildman–Crippen LogP) is 1.33. The lowest BCUT2D eigenvalue weighted by atomic mass is 10.2. The maximum atomic E-state index is 12.3. The van der Waals surface area contributed by atoms with E-state index in [4.69, 9.17) is 10.5 Å². The van der Waals surface area contributed by atoms with Crippen LogP contribution < -0.4 is 15.8 Å². The SMILES string of the molecule is CCn1ncc(NC(=O)c2cccc(OCC(N)=O)c2)c1C. The molecule has 3 N–H and O–H groups in total. The molecule has 0 aliphatic carbocycles. The molecule has 0 fully saturated rings. The summed E-state index contributed by atoms with van der Waals surface area (Å²) in [6.45, 7) is 4.37. The molecule has 0 spiro atoms. The summed E-state index contributed by atoms with van der Waals surface area (Å²) in [4.78, 5) is 23.0. The highest BCUT2D eigenvalue weighted by Gasteiger charge is 2.11. The number of rotatable bonds is 6. The van der Waals surface area contributed by atoms with E-state index in [9.17, 15) is 9.59 Å². The summed E-state index contributed by atoms with van der Waals surface area (Å²) < 4.78 is 6.98. The summed E-state index contributed by atoms with van der Waals surface area (Å²) in [5, 5.41) is 6.98. The van der Waals surface area contributed by atoms with Crippen molar-refractivity contribution in [2.75, 3.05) is 11.9 Å². The van der Waals surface area contributed by atoms with Crippen LogP contribution in [0.4, 0.5) is 5.69 Å². The van der Waals surface area contributed by atoms with Crippen LogP contribution in [0.2, 0.25) is 0 Å². The zero-order chi connectivity index (χ0) is 16.1. The number of nitrogens with one attached hydrogen (secondary N) is 1. The van der Waals surface area contributed by atoms with Crippen LogP contribution in [-0.4, -0.2) is 28.2 Å². The monoisotopic (exact) mass is 302 g/mol. The number of hydrogen-bond donors (Lipinski definition) is 2. The second-order valence-corrected chi connectivity index (χ2v) is 4.70. The van der Waals surface area contributed by atoms with Crippen LogP contribution in [0.25, 0.3) is 0 Å². The number of aromatic nitrogens is 2. The largest absolute Gasteiger partial charge is 0.484 e. The first kappa shape index (κ1) is 15.6. The fourth-order valence-corrected chi connectivity index (χ4v) is 1.96. The summed E-state index contributed by atoms with van der Waals surface area (Å²) in [5.74, 6) is -0.437. The molecule has 0 aliphatic rings. The van der Waals surface area contributed by atoms with Gasteiger partial charge in [0.05, 0.1) is 17.6 Å². The van der Waals surface area contributed by atoms with Gasteiger partial charge in [-0.1, -0.05) is 6.07 Å². The number of nitrogens with two attached hydrogens (primary N) is 1. The van der Waals surface area contributed by atoms with Crippen LogP contribution in [0, 0.1) is 6.92 Å². The molecule has 0 unspecified atom stereocenters. The summed E-state index contributed by atoms with van der Waals surface area (Å²) >= 11 is 0. The summed E-state index contributed by atoms with van der Waals surface area (Å²) in [5.41, 5.74) is 6.99. The van der Waals surface area contributed by atoms with Crippen molar-refractivity contribution < 1.29 is 14.3 Å². The molecule has 0 saturated heterocycles. The Morgan fingerprint density at radius 2 is 2.18 bits per heavy atom. The van der Waals surface area contributed by atoms with Crippen LogP contribution in [0.15, 0.2) is 30.5 Å². The van der Waals surface area contributed by atoms with Gasteiger partial charge in [0.25, 0.3) is 11.8 Å². The minimum absolute atomic E-state index is 0.229. The van der Waals surface area contributed by atoms with Crippen LogP contribution in [-0.2, 0) is 11.3 Å². The van der Waals surface area contributed by atoms with Crippen molar-refractivity contribution in [1.29, 1.82) is 0 Å². The van der Waals surface area contributed by atoms with Crippen molar-refractivity contribution in [3.05, 3.63) is 41.7 Å². The highest BCUT2D eigenvalue weighted by atomic mass is 16.5. The molecule has 2 amide bonds. The number of aryl methyl sites for hydroxylation is 1. The molecule has 0 atom stereocenters. The van der Waals surface area contributed by atoms with E-state index in [1.807, 2.05) is 13.8 Å². The molecular weight excluding hydrogens is 284 g/mol. The highest BCUT2D eigenvalue weighted by molar-refractivity contribution is 6.04. The zero-order valence-corrected chi connectivity index (χ0v) is 12.5. The van der Waals surface area contributed by atoms with E-state index in [1.54, 1.807) is 35.1 Å². The average molecular weight is 302 g/mol. The summed E-state index contributed by atoms with van der Waals surface area (Å²) in [7, 11) is 0. The smallest absolute Gasteiger partial charge is 0.255 e. The fraction of sp³-hybridized carbons (Fsp3) is 0.267. The number of carbonyl (C=O) groups excluding carboxylic acids is 2. The van der Waals surface area contributed by atoms with Crippen molar-refractivity contribution in [3.8, 4) is 5.75 Å². The Morgan fingerprint density at radius 3 is 2.82 bits per heavy atom. The number of hydrogen-bond acceptors (Lipinski definition) is 4. The molecule has 0 aliphatic heterocycles. The van der Waals surface area contributed by atoms with E-state index in [1.165, 1.54) is 0 Å². The second-order valence-electron chi connectivity index (χ2n) is 4.70. The van der Waals surface area contributed by atoms with Gasteiger partial charge in [0.2, 0.25) is 0 Å². The number of nitrogens with zero attached hydrogens (tertiary/aromatic N) is 2. The van der Waals surface area contributed by atoms with E-state index < -0.39 is 5.91 Å². The summed E-state index contributed by atoms with van der Waals surface area (Å²) in [6.07, 6.45) is 1.62. The van der Waals surface area contributed by atoms with Gasteiger partial charge in [-0.05, 0) is 32.0 Å². The quantitative estimate of drug-likeness (QED) is 0.840. The molecule has 0 bridgehead atoms. The third kappa shape index (κ3) is 3.63. The molecule has 1 aromatic heterocycles. The third-order valence-electron chi connectivity index (χ3n) is 3.13. The molecule has 116 valence electrons. The molecule has 2 aromatic rings. The first-order chi connectivity index (χ1) is 10.5. The van der Waals surface area contributed by atoms with Gasteiger partial charge in [-0.25, -0.2) is 0 Å². The van der Waals surface area contributed by atoms with E-state index in [0.29, 0.717) is 17.0 Å². The Labute approximate surface area is 128 Å². The van der Waals surface area contributed by atoms with Crippen molar-refractivity contribution in [1.82, 2.24) is 9.78 Å². The summed E-state index contributed by atoms with van der Waals surface area (Å²) in [6, 6.07) is 6.54. The topological polar surface area (TPSA) is 99.2 Å². The fourth-order valence-electron chi connectivity index (χ4n) is 1.96. The Kier molecular flexibility index (Phi) is 4.77. The number of carbonyl (C=O) groups is 2.